The Hall–Kier alpha value is -1.65. The summed E-state index contributed by atoms with van der Waals surface area (Å²) in [6.07, 6.45) is 10.2. The maximum Gasteiger partial charge on any atom is 0.0719 e. The summed E-state index contributed by atoms with van der Waals surface area (Å²) in [5, 5.41) is 1.01. The predicted octanol–water partition coefficient (Wildman–Crippen LogP) is 4.82. The number of hydrogen-bond donors (Lipinski definition) is 0. The molecule has 0 aromatic heterocycles. The van der Waals surface area contributed by atoms with Gasteiger partial charge in [0.1, 0.15) is 0 Å². The van der Waals surface area contributed by atoms with Gasteiger partial charge in [0.15, 0.2) is 0 Å². The Labute approximate surface area is 158 Å². The fourth-order valence-electron chi connectivity index (χ4n) is 2.71. The molecular formula is C21H33N3S. The number of piperazine rings is 1. The van der Waals surface area contributed by atoms with Crippen molar-refractivity contribution < 1.29 is 0 Å². The highest BCUT2D eigenvalue weighted by atomic mass is 32.2. The maximum absolute atomic E-state index is 4.16. The fourth-order valence-corrected chi connectivity index (χ4v) is 3.54. The van der Waals surface area contributed by atoms with Crippen molar-refractivity contribution in [1.82, 2.24) is 14.7 Å². The Balaban J connectivity index is 0.00000151. The van der Waals surface area contributed by atoms with Crippen molar-refractivity contribution in [1.29, 1.82) is 0 Å². The van der Waals surface area contributed by atoms with E-state index in [1.165, 1.54) is 16.8 Å². The Kier molecular flexibility index (Phi) is 9.46. The molecule has 0 bridgehead atoms. The van der Waals surface area contributed by atoms with E-state index < -0.39 is 0 Å². The minimum absolute atomic E-state index is 0.920. The number of nitrogens with zero attached hydrogens (tertiary/aromatic N) is 3. The summed E-state index contributed by atoms with van der Waals surface area (Å²) < 4.78 is 0. The summed E-state index contributed by atoms with van der Waals surface area (Å²) in [5.41, 5.74) is 3.83. The molecule has 0 aromatic rings. The van der Waals surface area contributed by atoms with E-state index in [2.05, 4.69) is 55.8 Å². The van der Waals surface area contributed by atoms with Crippen molar-refractivity contribution >= 4 is 11.8 Å². The average Bonchev–Trinajstić information content (AvgIpc) is 2.77. The van der Waals surface area contributed by atoms with Crippen LogP contribution >= 0.6 is 11.8 Å². The normalized spacial score (nSPS) is 21.3. The largest absolute Gasteiger partial charge is 0.368 e. The molecule has 25 heavy (non-hydrogen) atoms. The second kappa shape index (κ2) is 11.1. The van der Waals surface area contributed by atoms with Gasteiger partial charge in [0.05, 0.1) is 10.7 Å². The summed E-state index contributed by atoms with van der Waals surface area (Å²) in [6, 6.07) is 0. The van der Waals surface area contributed by atoms with Crippen molar-refractivity contribution in [3.63, 3.8) is 0 Å². The standard InChI is InChI=1S/C19H27N3S.C2H6/c1-6-8-16(3)13-18-15-23-17(4)21(7-2)14-19(18)22-11-9-20(5)10-12-22;1-2/h6-8,13-14H,1-2,4,9-12,15H2,3,5H3;1-2H3/b16-8-,18-13+;. The molecule has 0 aromatic carbocycles. The third-order valence-corrected chi connectivity index (χ3v) is 5.10. The molecule has 1 saturated heterocycles. The van der Waals surface area contributed by atoms with Gasteiger partial charge in [-0.15, -0.1) is 11.8 Å². The second-order valence-electron chi connectivity index (χ2n) is 5.89. The highest BCUT2D eigenvalue weighted by Crippen LogP contribution is 2.32. The van der Waals surface area contributed by atoms with Crippen LogP contribution in [0.25, 0.3) is 0 Å². The number of thioether (sulfide) groups is 1. The van der Waals surface area contributed by atoms with E-state index in [9.17, 15) is 0 Å². The molecule has 0 radical (unpaired) electrons. The van der Waals surface area contributed by atoms with Crippen molar-refractivity contribution in [2.24, 2.45) is 0 Å². The lowest BCUT2D eigenvalue weighted by Crippen LogP contribution is -2.44. The molecule has 1 fully saturated rings. The molecule has 138 valence electrons. The zero-order valence-corrected chi connectivity index (χ0v) is 17.1. The molecule has 2 aliphatic heterocycles. The van der Waals surface area contributed by atoms with Gasteiger partial charge in [-0.3, -0.25) is 0 Å². The van der Waals surface area contributed by atoms with Crippen molar-refractivity contribution in [2.45, 2.75) is 20.8 Å². The monoisotopic (exact) mass is 359 g/mol. The van der Waals surface area contributed by atoms with E-state index in [0.717, 1.165) is 37.0 Å². The molecule has 0 unspecified atom stereocenters. The van der Waals surface area contributed by atoms with Gasteiger partial charge in [-0.1, -0.05) is 57.4 Å². The summed E-state index contributed by atoms with van der Waals surface area (Å²) in [4.78, 5) is 6.88. The van der Waals surface area contributed by atoms with Gasteiger partial charge in [0.2, 0.25) is 0 Å². The minimum Gasteiger partial charge on any atom is -0.368 e. The van der Waals surface area contributed by atoms with E-state index in [4.69, 9.17) is 0 Å². The van der Waals surface area contributed by atoms with Gasteiger partial charge < -0.3 is 14.7 Å². The SMILES string of the molecule is C=C/C=C(C)\C=C1/CSC(=C)N(C=C)C=C1N1CCN(C)CC1.CC. The quantitative estimate of drug-likeness (QED) is 0.665. The van der Waals surface area contributed by atoms with E-state index in [0.29, 0.717) is 0 Å². The first kappa shape index (κ1) is 21.4. The molecule has 0 saturated carbocycles. The van der Waals surface area contributed by atoms with Crippen LogP contribution in [0.15, 0.2) is 72.2 Å². The first-order valence-electron chi connectivity index (χ1n) is 8.93. The highest BCUT2D eigenvalue weighted by Gasteiger charge is 2.23. The molecule has 4 heteroatoms. The Morgan fingerprint density at radius 1 is 1.16 bits per heavy atom. The molecule has 2 heterocycles. The number of hydrogen-bond acceptors (Lipinski definition) is 4. The molecule has 0 amide bonds. The zero-order valence-electron chi connectivity index (χ0n) is 16.3. The van der Waals surface area contributed by atoms with Gasteiger partial charge in [-0.2, -0.15) is 0 Å². The molecular weight excluding hydrogens is 326 g/mol. The van der Waals surface area contributed by atoms with Gasteiger partial charge in [-0.25, -0.2) is 0 Å². The van der Waals surface area contributed by atoms with Crippen LogP contribution in [-0.2, 0) is 0 Å². The lowest BCUT2D eigenvalue weighted by molar-refractivity contribution is 0.187. The van der Waals surface area contributed by atoms with Gasteiger partial charge in [0, 0.05) is 44.3 Å². The van der Waals surface area contributed by atoms with E-state index in [1.807, 2.05) is 37.1 Å². The zero-order chi connectivity index (χ0) is 18.8. The predicted molar refractivity (Wildman–Crippen MR) is 114 cm³/mol. The first-order valence-corrected chi connectivity index (χ1v) is 9.92. The number of likely N-dealkylation sites (N-methyl/N-ethyl adjacent to an activating group) is 1. The van der Waals surface area contributed by atoms with Crippen LogP contribution < -0.4 is 0 Å². The Morgan fingerprint density at radius 3 is 2.36 bits per heavy atom. The van der Waals surface area contributed by atoms with Crippen LogP contribution in [0.3, 0.4) is 0 Å². The average molecular weight is 360 g/mol. The van der Waals surface area contributed by atoms with Crippen LogP contribution in [0, 0.1) is 0 Å². The highest BCUT2D eigenvalue weighted by molar-refractivity contribution is 8.03. The summed E-state index contributed by atoms with van der Waals surface area (Å²) in [5.74, 6) is 0.920. The summed E-state index contributed by atoms with van der Waals surface area (Å²) >= 11 is 1.76. The molecule has 0 aliphatic carbocycles. The van der Waals surface area contributed by atoms with Crippen LogP contribution in [-0.4, -0.2) is 53.7 Å². The lowest BCUT2D eigenvalue weighted by Gasteiger charge is -2.36. The van der Waals surface area contributed by atoms with Gasteiger partial charge >= 0.3 is 0 Å². The van der Waals surface area contributed by atoms with Crippen molar-refractivity contribution in [3.05, 3.63) is 72.2 Å². The minimum atomic E-state index is 0.920. The summed E-state index contributed by atoms with van der Waals surface area (Å²) in [7, 11) is 2.18. The third-order valence-electron chi connectivity index (χ3n) is 4.10. The smallest absolute Gasteiger partial charge is 0.0719 e. The van der Waals surface area contributed by atoms with Crippen LogP contribution in [0.4, 0.5) is 0 Å². The van der Waals surface area contributed by atoms with Crippen molar-refractivity contribution in [3.8, 4) is 0 Å². The third kappa shape index (κ3) is 6.29. The lowest BCUT2D eigenvalue weighted by atomic mass is 10.1. The second-order valence-corrected chi connectivity index (χ2v) is 6.94. The molecule has 2 aliphatic rings. The van der Waals surface area contributed by atoms with Crippen LogP contribution in [0.5, 0.6) is 0 Å². The van der Waals surface area contributed by atoms with E-state index in [-0.39, 0.29) is 0 Å². The first-order chi connectivity index (χ1) is 12.0. The Bertz CT molecular complexity index is 564. The van der Waals surface area contributed by atoms with Crippen LogP contribution in [0.2, 0.25) is 0 Å². The molecule has 0 N–H and O–H groups in total. The van der Waals surface area contributed by atoms with Gasteiger partial charge in [0.25, 0.3) is 0 Å². The topological polar surface area (TPSA) is 9.72 Å². The molecule has 0 atom stereocenters. The van der Waals surface area contributed by atoms with E-state index >= 15 is 0 Å². The Morgan fingerprint density at radius 2 is 1.80 bits per heavy atom. The fraction of sp³-hybridized carbons (Fsp3) is 0.429. The maximum atomic E-state index is 4.16. The number of allylic oxidation sites excluding steroid dienone is 5. The van der Waals surface area contributed by atoms with Crippen molar-refractivity contribution in [2.75, 3.05) is 39.0 Å². The molecule has 2 rings (SSSR count). The molecule has 0 spiro atoms. The van der Waals surface area contributed by atoms with Crippen LogP contribution in [0.1, 0.15) is 20.8 Å². The summed E-state index contributed by atoms with van der Waals surface area (Å²) in [6.45, 7) is 22.3. The number of rotatable bonds is 4. The van der Waals surface area contributed by atoms with Gasteiger partial charge in [-0.05, 0) is 19.5 Å². The van der Waals surface area contributed by atoms with E-state index in [1.54, 1.807) is 11.8 Å². The molecule has 3 nitrogen and oxygen atoms in total.